The molecule has 0 aromatic carbocycles. The highest BCUT2D eigenvalue weighted by molar-refractivity contribution is 4.92. The molecule has 1 aliphatic heterocycles. The molecule has 1 saturated carbocycles. The zero-order chi connectivity index (χ0) is 9.10. The second-order valence-electron chi connectivity index (χ2n) is 4.14. The number of ether oxygens (including phenoxy) is 1. The minimum atomic E-state index is 0.795. The molecule has 0 amide bonds. The molecule has 0 spiro atoms. The number of nitrogens with one attached hydrogen (secondary N) is 1. The Morgan fingerprint density at radius 1 is 1.46 bits per heavy atom. The average Bonchev–Trinajstić information content (AvgIpc) is 2.98. The molecule has 1 atom stereocenters. The summed E-state index contributed by atoms with van der Waals surface area (Å²) in [4.78, 5) is 2.59. The Bertz CT molecular complexity index is 159. The van der Waals surface area contributed by atoms with Crippen molar-refractivity contribution in [2.24, 2.45) is 5.92 Å². The predicted octanol–water partition coefficient (Wildman–Crippen LogP) is 0.317. The molecule has 1 saturated heterocycles. The first-order valence-corrected chi connectivity index (χ1v) is 5.35. The first kappa shape index (κ1) is 9.44. The molecule has 76 valence electrons. The summed E-state index contributed by atoms with van der Waals surface area (Å²) in [6.07, 6.45) is 2.88. The van der Waals surface area contributed by atoms with Crippen LogP contribution in [-0.4, -0.2) is 50.8 Å². The van der Waals surface area contributed by atoms with Gasteiger partial charge < -0.3 is 10.1 Å². The fraction of sp³-hybridized carbons (Fsp3) is 1.00. The molecular weight excluding hydrogens is 164 g/mol. The highest BCUT2D eigenvalue weighted by Crippen LogP contribution is 2.35. The van der Waals surface area contributed by atoms with Gasteiger partial charge in [-0.15, -0.1) is 0 Å². The Hall–Kier alpha value is -0.120. The molecule has 1 aliphatic carbocycles. The van der Waals surface area contributed by atoms with Crippen molar-refractivity contribution in [2.75, 3.05) is 39.9 Å². The van der Waals surface area contributed by atoms with Gasteiger partial charge in [0, 0.05) is 39.3 Å². The van der Waals surface area contributed by atoms with Gasteiger partial charge in [0.1, 0.15) is 0 Å². The molecule has 1 heterocycles. The van der Waals surface area contributed by atoms with Crippen molar-refractivity contribution in [3.63, 3.8) is 0 Å². The van der Waals surface area contributed by atoms with E-state index >= 15 is 0 Å². The lowest BCUT2D eigenvalue weighted by atomic mass is 10.1. The van der Waals surface area contributed by atoms with E-state index in [1.807, 2.05) is 0 Å². The van der Waals surface area contributed by atoms with Crippen LogP contribution in [0.15, 0.2) is 0 Å². The second-order valence-corrected chi connectivity index (χ2v) is 4.14. The van der Waals surface area contributed by atoms with E-state index in [1.165, 1.54) is 25.9 Å². The van der Waals surface area contributed by atoms with Gasteiger partial charge >= 0.3 is 0 Å². The van der Waals surface area contributed by atoms with E-state index < -0.39 is 0 Å². The molecule has 3 nitrogen and oxygen atoms in total. The van der Waals surface area contributed by atoms with Crippen molar-refractivity contribution in [2.45, 2.75) is 18.9 Å². The van der Waals surface area contributed by atoms with Crippen LogP contribution >= 0.6 is 0 Å². The molecule has 2 rings (SSSR count). The number of rotatable bonds is 4. The standard InChI is InChI=1S/C10H20N2O/c1-13-7-6-12-5-4-11-8-10(12)9-2-3-9/h9-11H,2-8H2,1H3. The first-order valence-electron chi connectivity index (χ1n) is 5.35. The van der Waals surface area contributed by atoms with Crippen LogP contribution in [0, 0.1) is 5.92 Å². The molecule has 0 aromatic heterocycles. The third-order valence-electron chi connectivity index (χ3n) is 3.15. The van der Waals surface area contributed by atoms with Crippen molar-refractivity contribution in [1.29, 1.82) is 0 Å². The summed E-state index contributed by atoms with van der Waals surface area (Å²) < 4.78 is 5.13. The van der Waals surface area contributed by atoms with Crippen molar-refractivity contribution >= 4 is 0 Å². The van der Waals surface area contributed by atoms with Gasteiger partial charge in [0.05, 0.1) is 6.61 Å². The van der Waals surface area contributed by atoms with Crippen LogP contribution < -0.4 is 5.32 Å². The lowest BCUT2D eigenvalue weighted by Gasteiger charge is -2.36. The fourth-order valence-corrected chi connectivity index (χ4v) is 2.20. The summed E-state index contributed by atoms with van der Waals surface area (Å²) in [7, 11) is 1.79. The van der Waals surface area contributed by atoms with E-state index in [2.05, 4.69) is 10.2 Å². The lowest BCUT2D eigenvalue weighted by molar-refractivity contribution is 0.0942. The average molecular weight is 184 g/mol. The number of nitrogens with zero attached hydrogens (tertiary/aromatic N) is 1. The van der Waals surface area contributed by atoms with E-state index in [0.29, 0.717) is 0 Å². The van der Waals surface area contributed by atoms with Gasteiger partial charge in [-0.25, -0.2) is 0 Å². The van der Waals surface area contributed by atoms with E-state index in [1.54, 1.807) is 7.11 Å². The van der Waals surface area contributed by atoms with E-state index in [4.69, 9.17) is 4.74 Å². The van der Waals surface area contributed by atoms with Gasteiger partial charge in [0.25, 0.3) is 0 Å². The third-order valence-corrected chi connectivity index (χ3v) is 3.15. The summed E-state index contributed by atoms with van der Waals surface area (Å²) in [5.41, 5.74) is 0. The Kier molecular flexibility index (Phi) is 3.19. The maximum atomic E-state index is 5.13. The summed E-state index contributed by atoms with van der Waals surface area (Å²) in [6.45, 7) is 5.52. The minimum Gasteiger partial charge on any atom is -0.383 e. The van der Waals surface area contributed by atoms with Gasteiger partial charge in [-0.3, -0.25) is 4.90 Å². The minimum absolute atomic E-state index is 0.795. The molecule has 0 aromatic rings. The number of hydrogen-bond acceptors (Lipinski definition) is 3. The highest BCUT2D eigenvalue weighted by Gasteiger charge is 2.35. The van der Waals surface area contributed by atoms with E-state index in [0.717, 1.165) is 31.7 Å². The van der Waals surface area contributed by atoms with Crippen molar-refractivity contribution < 1.29 is 4.74 Å². The van der Waals surface area contributed by atoms with E-state index in [-0.39, 0.29) is 0 Å². The maximum Gasteiger partial charge on any atom is 0.0589 e. The van der Waals surface area contributed by atoms with Crippen LogP contribution in [-0.2, 0) is 4.74 Å². The van der Waals surface area contributed by atoms with Gasteiger partial charge in [-0.2, -0.15) is 0 Å². The molecular formula is C10H20N2O. The van der Waals surface area contributed by atoms with Crippen LogP contribution in [0.3, 0.4) is 0 Å². The molecule has 1 N–H and O–H groups in total. The van der Waals surface area contributed by atoms with Gasteiger partial charge in [0.2, 0.25) is 0 Å². The quantitative estimate of drug-likeness (QED) is 0.681. The maximum absolute atomic E-state index is 5.13. The zero-order valence-corrected chi connectivity index (χ0v) is 8.46. The number of methoxy groups -OCH3 is 1. The number of piperazine rings is 1. The largest absolute Gasteiger partial charge is 0.383 e. The molecule has 0 radical (unpaired) electrons. The SMILES string of the molecule is COCCN1CCNCC1C1CC1. The monoisotopic (exact) mass is 184 g/mol. The lowest BCUT2D eigenvalue weighted by Crippen LogP contribution is -2.53. The zero-order valence-electron chi connectivity index (χ0n) is 8.46. The smallest absolute Gasteiger partial charge is 0.0589 e. The molecule has 2 aliphatic rings. The summed E-state index contributed by atoms with van der Waals surface area (Å²) in [5.74, 6) is 0.977. The second kappa shape index (κ2) is 4.40. The van der Waals surface area contributed by atoms with Crippen LogP contribution in [0.25, 0.3) is 0 Å². The van der Waals surface area contributed by atoms with Crippen LogP contribution in [0.4, 0.5) is 0 Å². The van der Waals surface area contributed by atoms with Gasteiger partial charge in [-0.1, -0.05) is 0 Å². The fourth-order valence-electron chi connectivity index (χ4n) is 2.20. The summed E-state index contributed by atoms with van der Waals surface area (Å²) in [5, 5.41) is 3.48. The Morgan fingerprint density at radius 3 is 3.00 bits per heavy atom. The molecule has 1 unspecified atom stereocenters. The topological polar surface area (TPSA) is 24.5 Å². The Balaban J connectivity index is 1.81. The number of hydrogen-bond donors (Lipinski definition) is 1. The molecule has 2 fully saturated rings. The first-order chi connectivity index (χ1) is 6.42. The highest BCUT2D eigenvalue weighted by atomic mass is 16.5. The van der Waals surface area contributed by atoms with Crippen LogP contribution in [0.5, 0.6) is 0 Å². The Morgan fingerprint density at radius 2 is 2.31 bits per heavy atom. The summed E-state index contributed by atoms with van der Waals surface area (Å²) in [6, 6.07) is 0.795. The third kappa shape index (κ3) is 2.42. The van der Waals surface area contributed by atoms with Gasteiger partial charge in [-0.05, 0) is 18.8 Å². The molecule has 13 heavy (non-hydrogen) atoms. The Labute approximate surface area is 80.4 Å². The summed E-state index contributed by atoms with van der Waals surface area (Å²) >= 11 is 0. The van der Waals surface area contributed by atoms with Gasteiger partial charge in [0.15, 0.2) is 0 Å². The van der Waals surface area contributed by atoms with Crippen LogP contribution in [0.1, 0.15) is 12.8 Å². The molecule has 3 heteroatoms. The van der Waals surface area contributed by atoms with E-state index in [9.17, 15) is 0 Å². The molecule has 0 bridgehead atoms. The predicted molar refractivity (Wildman–Crippen MR) is 52.8 cm³/mol. The van der Waals surface area contributed by atoms with Crippen molar-refractivity contribution in [3.8, 4) is 0 Å². The normalized spacial score (nSPS) is 30.7. The van der Waals surface area contributed by atoms with Crippen LogP contribution in [0.2, 0.25) is 0 Å². The van der Waals surface area contributed by atoms with Crippen molar-refractivity contribution in [3.05, 3.63) is 0 Å². The van der Waals surface area contributed by atoms with Crippen molar-refractivity contribution in [1.82, 2.24) is 10.2 Å².